The van der Waals surface area contributed by atoms with Gasteiger partial charge in [-0.2, -0.15) is 13.2 Å². The Labute approximate surface area is 121 Å². The number of hydrogen-bond acceptors (Lipinski definition) is 3. The third kappa shape index (κ3) is 4.67. The van der Waals surface area contributed by atoms with E-state index in [0.29, 0.717) is 5.69 Å². The monoisotopic (exact) mass is 314 g/mol. The first-order valence-electron chi connectivity index (χ1n) is 5.70. The van der Waals surface area contributed by atoms with E-state index in [0.717, 1.165) is 0 Å². The Balaban J connectivity index is 2.07. The van der Waals surface area contributed by atoms with Gasteiger partial charge in [-0.1, -0.05) is 6.07 Å². The van der Waals surface area contributed by atoms with Crippen molar-refractivity contribution in [3.8, 4) is 0 Å². The van der Waals surface area contributed by atoms with Crippen molar-refractivity contribution < 1.29 is 18.0 Å². The van der Waals surface area contributed by atoms with Crippen LogP contribution in [0.4, 0.5) is 18.9 Å². The van der Waals surface area contributed by atoms with Crippen molar-refractivity contribution in [2.24, 2.45) is 0 Å². The molecule has 0 aliphatic rings. The van der Waals surface area contributed by atoms with Crippen molar-refractivity contribution in [3.05, 3.63) is 58.5 Å². The Morgan fingerprint density at radius 2 is 1.76 bits per heavy atom. The zero-order valence-electron chi connectivity index (χ0n) is 10.4. The normalized spacial score (nSPS) is 11.2. The highest BCUT2D eigenvalue weighted by atomic mass is 32.2. The van der Waals surface area contributed by atoms with Gasteiger partial charge in [-0.15, -0.1) is 0 Å². The molecule has 1 aromatic heterocycles. The van der Waals surface area contributed by atoms with Gasteiger partial charge in [-0.3, -0.25) is 9.59 Å². The maximum absolute atomic E-state index is 12.2. The van der Waals surface area contributed by atoms with Gasteiger partial charge in [-0.25, -0.2) is 0 Å². The predicted octanol–water partition coefficient (Wildman–Crippen LogP) is 3.24. The molecule has 0 aliphatic carbocycles. The number of thioether (sulfide) groups is 1. The summed E-state index contributed by atoms with van der Waals surface area (Å²) < 4.78 is 36.5. The van der Waals surface area contributed by atoms with Crippen LogP contribution in [0.15, 0.2) is 52.2 Å². The zero-order valence-corrected chi connectivity index (χ0v) is 11.2. The molecule has 0 saturated carbocycles. The number of benzene rings is 1. The van der Waals surface area contributed by atoms with E-state index >= 15 is 0 Å². The van der Waals surface area contributed by atoms with Crippen LogP contribution < -0.4 is 10.9 Å². The van der Waals surface area contributed by atoms with Crippen molar-refractivity contribution in [1.82, 2.24) is 4.98 Å². The van der Waals surface area contributed by atoms with Crippen LogP contribution in [0, 0.1) is 0 Å². The summed E-state index contributed by atoms with van der Waals surface area (Å²) in [7, 11) is 0. The molecule has 21 heavy (non-hydrogen) atoms. The number of carbonyl (C=O) groups excluding carboxylic acids is 1. The Hall–Kier alpha value is -2.22. The van der Waals surface area contributed by atoms with E-state index in [9.17, 15) is 22.8 Å². The third-order valence-corrected chi connectivity index (χ3v) is 3.10. The Kier molecular flexibility index (Phi) is 4.37. The lowest BCUT2D eigenvalue weighted by Gasteiger charge is -2.08. The maximum Gasteiger partial charge on any atom is 0.446 e. The second-order valence-corrected chi connectivity index (χ2v) is 5.09. The summed E-state index contributed by atoms with van der Waals surface area (Å²) in [5, 5.41) is 2.48. The largest absolute Gasteiger partial charge is 0.446 e. The Bertz CT molecular complexity index is 696. The minimum Gasteiger partial charge on any atom is -0.321 e. The summed E-state index contributed by atoms with van der Waals surface area (Å²) in [5.74, 6) is -0.552. The molecule has 4 nitrogen and oxygen atoms in total. The van der Waals surface area contributed by atoms with Crippen LogP contribution in [-0.4, -0.2) is 16.4 Å². The van der Waals surface area contributed by atoms with E-state index in [-0.39, 0.29) is 22.4 Å². The highest BCUT2D eigenvalue weighted by molar-refractivity contribution is 8.00. The minimum atomic E-state index is -4.35. The molecule has 0 aliphatic heterocycles. The van der Waals surface area contributed by atoms with Crippen molar-refractivity contribution in [3.63, 3.8) is 0 Å². The van der Waals surface area contributed by atoms with Gasteiger partial charge in [0, 0.05) is 16.6 Å². The lowest BCUT2D eigenvalue weighted by molar-refractivity contribution is -0.0328. The quantitative estimate of drug-likeness (QED) is 0.855. The van der Waals surface area contributed by atoms with Crippen LogP contribution in [-0.2, 0) is 0 Å². The first kappa shape index (κ1) is 15.2. The van der Waals surface area contributed by atoms with Crippen molar-refractivity contribution >= 4 is 23.4 Å². The molecule has 8 heteroatoms. The van der Waals surface area contributed by atoms with Gasteiger partial charge in [-0.05, 0) is 42.1 Å². The molecule has 2 aromatic rings. The second-order valence-electron chi connectivity index (χ2n) is 3.96. The van der Waals surface area contributed by atoms with E-state index in [2.05, 4.69) is 10.3 Å². The van der Waals surface area contributed by atoms with Gasteiger partial charge in [0.1, 0.15) is 5.69 Å². The number of aromatic amines is 1. The van der Waals surface area contributed by atoms with Gasteiger partial charge in [0.05, 0.1) is 0 Å². The average molecular weight is 314 g/mol. The minimum absolute atomic E-state index is 0.0219. The summed E-state index contributed by atoms with van der Waals surface area (Å²) in [5.41, 5.74) is -4.37. The summed E-state index contributed by atoms with van der Waals surface area (Å²) in [4.78, 5) is 25.3. The first-order valence-corrected chi connectivity index (χ1v) is 6.52. The second kappa shape index (κ2) is 6.04. The van der Waals surface area contributed by atoms with Crippen molar-refractivity contribution in [2.45, 2.75) is 10.4 Å². The number of pyridine rings is 1. The van der Waals surface area contributed by atoms with Crippen LogP contribution in [0.1, 0.15) is 10.5 Å². The topological polar surface area (TPSA) is 62.0 Å². The molecule has 0 radical (unpaired) electrons. The summed E-state index contributed by atoms with van der Waals surface area (Å²) in [6.45, 7) is 0. The molecule has 110 valence electrons. The summed E-state index contributed by atoms with van der Waals surface area (Å²) >= 11 is -0.234. The number of rotatable bonds is 3. The van der Waals surface area contributed by atoms with Gasteiger partial charge in [0.25, 0.3) is 5.91 Å². The summed E-state index contributed by atoms with van der Waals surface area (Å²) in [6.07, 6.45) is 0. The molecule has 1 aromatic carbocycles. The van der Waals surface area contributed by atoms with Crippen LogP contribution in [0.3, 0.4) is 0 Å². The molecule has 0 unspecified atom stereocenters. The highest BCUT2D eigenvalue weighted by Gasteiger charge is 2.29. The fraction of sp³-hybridized carbons (Fsp3) is 0.0769. The number of hydrogen-bond donors (Lipinski definition) is 2. The van der Waals surface area contributed by atoms with Crippen molar-refractivity contribution in [2.75, 3.05) is 5.32 Å². The molecular weight excluding hydrogens is 305 g/mol. The standard InChI is InChI=1S/C13H9F3N2O2S/c14-13(15,16)21-9-6-4-8(5-7-9)17-12(20)10-2-1-3-11(19)18-10/h1-7H,(H,17,20)(H,18,19). The number of halogens is 3. The number of nitrogens with one attached hydrogen (secondary N) is 2. The third-order valence-electron chi connectivity index (χ3n) is 2.36. The molecule has 1 heterocycles. The van der Waals surface area contributed by atoms with Gasteiger partial charge in [0.2, 0.25) is 5.56 Å². The zero-order chi connectivity index (χ0) is 15.5. The van der Waals surface area contributed by atoms with E-state index in [4.69, 9.17) is 0 Å². The molecule has 0 bridgehead atoms. The smallest absolute Gasteiger partial charge is 0.321 e. The number of H-pyrrole nitrogens is 1. The molecule has 1 amide bonds. The van der Waals surface area contributed by atoms with Gasteiger partial charge in [0.15, 0.2) is 0 Å². The average Bonchev–Trinajstić information content (AvgIpc) is 2.39. The number of alkyl halides is 3. The fourth-order valence-electron chi connectivity index (χ4n) is 1.52. The first-order chi connectivity index (χ1) is 9.83. The van der Waals surface area contributed by atoms with E-state index in [1.807, 2.05) is 0 Å². The number of anilines is 1. The number of carbonyl (C=O) groups is 1. The SMILES string of the molecule is O=C(Nc1ccc(SC(F)(F)F)cc1)c1cccc(=O)[nH]1. The van der Waals surface area contributed by atoms with Crippen LogP contribution in [0.25, 0.3) is 0 Å². The van der Waals surface area contributed by atoms with E-state index in [1.54, 1.807) is 0 Å². The van der Waals surface area contributed by atoms with Crippen LogP contribution in [0.2, 0.25) is 0 Å². The molecule has 0 saturated heterocycles. The Morgan fingerprint density at radius 3 is 2.33 bits per heavy atom. The lowest BCUT2D eigenvalue weighted by Crippen LogP contribution is -2.17. The fourth-order valence-corrected chi connectivity index (χ4v) is 2.06. The molecule has 2 rings (SSSR count). The molecule has 0 fully saturated rings. The van der Waals surface area contributed by atoms with Crippen LogP contribution in [0.5, 0.6) is 0 Å². The maximum atomic E-state index is 12.2. The van der Waals surface area contributed by atoms with Crippen molar-refractivity contribution in [1.29, 1.82) is 0 Å². The Morgan fingerprint density at radius 1 is 1.10 bits per heavy atom. The predicted molar refractivity (Wildman–Crippen MR) is 73.4 cm³/mol. The molecule has 0 atom stereocenters. The van der Waals surface area contributed by atoms with Crippen LogP contribution >= 0.6 is 11.8 Å². The van der Waals surface area contributed by atoms with E-state index in [1.165, 1.54) is 42.5 Å². The number of aromatic nitrogens is 1. The van der Waals surface area contributed by atoms with Gasteiger partial charge >= 0.3 is 5.51 Å². The molecule has 2 N–H and O–H groups in total. The lowest BCUT2D eigenvalue weighted by atomic mass is 10.3. The highest BCUT2D eigenvalue weighted by Crippen LogP contribution is 2.37. The molecular formula is C13H9F3N2O2S. The van der Waals surface area contributed by atoms with Gasteiger partial charge < -0.3 is 10.3 Å². The number of amides is 1. The van der Waals surface area contributed by atoms with E-state index < -0.39 is 17.0 Å². The molecule has 0 spiro atoms. The summed E-state index contributed by atoms with van der Waals surface area (Å²) in [6, 6.07) is 9.32.